The lowest BCUT2D eigenvalue weighted by molar-refractivity contribution is 0.354. The molecule has 13 heavy (non-hydrogen) atoms. The van der Waals surface area contributed by atoms with Crippen molar-refractivity contribution in [3.05, 3.63) is 23.8 Å². The average Bonchev–Trinajstić information content (AvgIpc) is 2.18. The second kappa shape index (κ2) is 4.50. The Morgan fingerprint density at radius 2 is 1.92 bits per heavy atom. The summed E-state index contributed by atoms with van der Waals surface area (Å²) >= 11 is 0. The first-order chi connectivity index (χ1) is 6.31. The minimum Gasteiger partial charge on any atom is -0.493 e. The first-order valence-electron chi connectivity index (χ1n) is 3.95. The number of hydrogen-bond acceptors (Lipinski definition) is 3. The highest BCUT2D eigenvalue weighted by atomic mass is 16.5. The predicted octanol–water partition coefficient (Wildman–Crippen LogP) is 1.90. The quantitative estimate of drug-likeness (QED) is 0.661. The lowest BCUT2D eigenvalue weighted by atomic mass is 10.2. The Kier molecular flexibility index (Phi) is 3.31. The van der Waals surface area contributed by atoms with E-state index < -0.39 is 0 Å². The Morgan fingerprint density at radius 1 is 1.23 bits per heavy atom. The molecule has 1 aromatic rings. The molecule has 3 heteroatoms. The van der Waals surface area contributed by atoms with E-state index in [4.69, 9.17) is 9.47 Å². The fourth-order valence-electron chi connectivity index (χ4n) is 1.11. The van der Waals surface area contributed by atoms with Gasteiger partial charge in [-0.3, -0.25) is 4.99 Å². The second-order valence-corrected chi connectivity index (χ2v) is 2.57. The number of benzene rings is 1. The summed E-state index contributed by atoms with van der Waals surface area (Å²) < 4.78 is 10.2. The van der Waals surface area contributed by atoms with Gasteiger partial charge in [-0.2, -0.15) is 0 Å². The fraction of sp³-hybridized carbons (Fsp3) is 0.300. The highest BCUT2D eigenvalue weighted by Gasteiger charge is 2.02. The number of methoxy groups -OCH3 is 2. The molecule has 0 fully saturated rings. The summed E-state index contributed by atoms with van der Waals surface area (Å²) in [6.07, 6.45) is 0. The molecule has 0 bridgehead atoms. The average molecular weight is 179 g/mol. The molecular weight excluding hydrogens is 166 g/mol. The van der Waals surface area contributed by atoms with E-state index in [0.29, 0.717) is 6.54 Å². The van der Waals surface area contributed by atoms with Crippen molar-refractivity contribution in [3.8, 4) is 11.5 Å². The zero-order valence-corrected chi connectivity index (χ0v) is 7.91. The van der Waals surface area contributed by atoms with Gasteiger partial charge in [-0.15, -0.1) is 0 Å². The van der Waals surface area contributed by atoms with Crippen molar-refractivity contribution < 1.29 is 9.47 Å². The number of aliphatic imine (C=N–C) groups is 1. The van der Waals surface area contributed by atoms with Gasteiger partial charge >= 0.3 is 0 Å². The van der Waals surface area contributed by atoms with Crippen LogP contribution in [0.25, 0.3) is 0 Å². The Morgan fingerprint density at radius 3 is 2.46 bits per heavy atom. The van der Waals surface area contributed by atoms with Crippen LogP contribution in [0, 0.1) is 0 Å². The molecule has 1 rings (SSSR count). The molecule has 0 amide bonds. The van der Waals surface area contributed by atoms with Gasteiger partial charge in [0.15, 0.2) is 11.5 Å². The summed E-state index contributed by atoms with van der Waals surface area (Å²) in [4.78, 5) is 3.79. The Labute approximate surface area is 78.0 Å². The van der Waals surface area contributed by atoms with Crippen molar-refractivity contribution >= 4 is 6.72 Å². The first kappa shape index (κ1) is 9.58. The van der Waals surface area contributed by atoms with Gasteiger partial charge in [0.25, 0.3) is 0 Å². The van der Waals surface area contributed by atoms with E-state index in [-0.39, 0.29) is 0 Å². The summed E-state index contributed by atoms with van der Waals surface area (Å²) in [5.74, 6) is 1.46. The van der Waals surface area contributed by atoms with Crippen LogP contribution in [-0.4, -0.2) is 20.9 Å². The van der Waals surface area contributed by atoms with Crippen LogP contribution >= 0.6 is 0 Å². The van der Waals surface area contributed by atoms with Crippen molar-refractivity contribution in [2.75, 3.05) is 14.2 Å². The third kappa shape index (κ3) is 2.21. The van der Waals surface area contributed by atoms with E-state index >= 15 is 0 Å². The summed E-state index contributed by atoms with van der Waals surface area (Å²) in [6, 6.07) is 5.70. The fourth-order valence-corrected chi connectivity index (χ4v) is 1.11. The molecule has 0 heterocycles. The standard InChI is InChI=1S/C10H13NO2/c1-11-7-8-4-5-9(12-2)10(6-8)13-3/h4-6H,1,7H2,2-3H3. The zero-order valence-electron chi connectivity index (χ0n) is 7.91. The van der Waals surface area contributed by atoms with Crippen LogP contribution in [0.1, 0.15) is 5.56 Å². The first-order valence-corrected chi connectivity index (χ1v) is 3.95. The Balaban J connectivity index is 2.98. The number of hydrogen-bond donors (Lipinski definition) is 0. The van der Waals surface area contributed by atoms with Crippen LogP contribution in [0.15, 0.2) is 23.2 Å². The third-order valence-electron chi connectivity index (χ3n) is 1.74. The van der Waals surface area contributed by atoms with E-state index in [0.717, 1.165) is 17.1 Å². The van der Waals surface area contributed by atoms with Crippen LogP contribution in [-0.2, 0) is 6.54 Å². The third-order valence-corrected chi connectivity index (χ3v) is 1.74. The van der Waals surface area contributed by atoms with Crippen molar-refractivity contribution in [1.29, 1.82) is 0 Å². The molecule has 0 radical (unpaired) electrons. The van der Waals surface area contributed by atoms with Gasteiger partial charge in [-0.25, -0.2) is 0 Å². The summed E-state index contributed by atoms with van der Waals surface area (Å²) in [5, 5.41) is 0. The van der Waals surface area contributed by atoms with E-state index in [1.165, 1.54) is 0 Å². The number of rotatable bonds is 4. The molecule has 0 aliphatic heterocycles. The molecule has 0 aromatic heterocycles. The molecular formula is C10H13NO2. The second-order valence-electron chi connectivity index (χ2n) is 2.57. The largest absolute Gasteiger partial charge is 0.493 e. The molecule has 0 aliphatic carbocycles. The predicted molar refractivity (Wildman–Crippen MR) is 52.8 cm³/mol. The number of ether oxygens (including phenoxy) is 2. The van der Waals surface area contributed by atoms with E-state index in [1.54, 1.807) is 14.2 Å². The molecule has 70 valence electrons. The molecule has 1 aromatic carbocycles. The van der Waals surface area contributed by atoms with Gasteiger partial charge in [0.1, 0.15) is 0 Å². The van der Waals surface area contributed by atoms with Gasteiger partial charge < -0.3 is 9.47 Å². The normalized spacial score (nSPS) is 9.38. The smallest absolute Gasteiger partial charge is 0.161 e. The van der Waals surface area contributed by atoms with E-state index in [9.17, 15) is 0 Å². The summed E-state index contributed by atoms with van der Waals surface area (Å²) in [7, 11) is 3.23. The van der Waals surface area contributed by atoms with Crippen molar-refractivity contribution in [3.63, 3.8) is 0 Å². The minimum atomic E-state index is 0.598. The van der Waals surface area contributed by atoms with Crippen LogP contribution in [0.4, 0.5) is 0 Å². The minimum absolute atomic E-state index is 0.598. The molecule has 0 atom stereocenters. The maximum Gasteiger partial charge on any atom is 0.161 e. The van der Waals surface area contributed by atoms with Crippen LogP contribution in [0.2, 0.25) is 0 Å². The monoisotopic (exact) mass is 179 g/mol. The Bertz CT molecular complexity index is 297. The van der Waals surface area contributed by atoms with E-state index in [2.05, 4.69) is 11.7 Å². The van der Waals surface area contributed by atoms with Crippen LogP contribution in [0.3, 0.4) is 0 Å². The lowest BCUT2D eigenvalue weighted by Gasteiger charge is -2.07. The molecule has 0 saturated heterocycles. The molecule has 0 aliphatic rings. The van der Waals surface area contributed by atoms with Gasteiger partial charge in [0, 0.05) is 0 Å². The molecule has 0 unspecified atom stereocenters. The highest BCUT2D eigenvalue weighted by Crippen LogP contribution is 2.27. The van der Waals surface area contributed by atoms with Gasteiger partial charge in [-0.1, -0.05) is 6.07 Å². The maximum atomic E-state index is 5.14. The van der Waals surface area contributed by atoms with Crippen LogP contribution in [0.5, 0.6) is 11.5 Å². The zero-order chi connectivity index (χ0) is 9.68. The SMILES string of the molecule is C=NCc1ccc(OC)c(OC)c1. The van der Waals surface area contributed by atoms with Gasteiger partial charge in [0.2, 0.25) is 0 Å². The Hall–Kier alpha value is -1.51. The van der Waals surface area contributed by atoms with Crippen molar-refractivity contribution in [2.24, 2.45) is 4.99 Å². The van der Waals surface area contributed by atoms with E-state index in [1.807, 2.05) is 18.2 Å². The van der Waals surface area contributed by atoms with Gasteiger partial charge in [-0.05, 0) is 24.4 Å². The molecule has 0 N–H and O–H groups in total. The number of nitrogens with zero attached hydrogens (tertiary/aromatic N) is 1. The molecule has 0 saturated carbocycles. The lowest BCUT2D eigenvalue weighted by Crippen LogP contribution is -1.91. The maximum absolute atomic E-state index is 5.14. The summed E-state index contributed by atoms with van der Waals surface area (Å²) in [6.45, 7) is 4.03. The topological polar surface area (TPSA) is 30.8 Å². The van der Waals surface area contributed by atoms with Gasteiger partial charge in [0.05, 0.1) is 20.8 Å². The summed E-state index contributed by atoms with van der Waals surface area (Å²) in [5.41, 5.74) is 1.06. The van der Waals surface area contributed by atoms with Crippen LogP contribution < -0.4 is 9.47 Å². The molecule has 0 spiro atoms. The van der Waals surface area contributed by atoms with Crippen molar-refractivity contribution in [1.82, 2.24) is 0 Å². The van der Waals surface area contributed by atoms with Crippen molar-refractivity contribution in [2.45, 2.75) is 6.54 Å². The highest BCUT2D eigenvalue weighted by molar-refractivity contribution is 5.43. The molecule has 3 nitrogen and oxygen atoms in total.